The van der Waals surface area contributed by atoms with E-state index in [9.17, 15) is 4.79 Å². The molecule has 0 spiro atoms. The third-order valence-corrected chi connectivity index (χ3v) is 8.91. The molecule has 0 atom stereocenters. The molecule has 2 aliphatic rings. The van der Waals surface area contributed by atoms with E-state index in [-0.39, 0.29) is 5.91 Å². The van der Waals surface area contributed by atoms with E-state index in [1.54, 1.807) is 0 Å². The van der Waals surface area contributed by atoms with Crippen molar-refractivity contribution in [3.8, 4) is 17.1 Å². The van der Waals surface area contributed by atoms with Crippen LogP contribution in [0.25, 0.3) is 22.3 Å². The number of nitrogens with zero attached hydrogens (tertiary/aromatic N) is 4. The van der Waals surface area contributed by atoms with Gasteiger partial charge in [-0.3, -0.25) is 14.8 Å². The van der Waals surface area contributed by atoms with Crippen molar-refractivity contribution in [3.63, 3.8) is 0 Å². The summed E-state index contributed by atoms with van der Waals surface area (Å²) < 4.78 is 6.41. The number of hydrogen-bond donors (Lipinski definition) is 1. The van der Waals surface area contributed by atoms with Crippen LogP contribution in [0.3, 0.4) is 0 Å². The molecule has 7 nitrogen and oxygen atoms in total. The Morgan fingerprint density at radius 3 is 2.50 bits per heavy atom. The van der Waals surface area contributed by atoms with Crippen LogP contribution in [0.2, 0.25) is 0 Å². The van der Waals surface area contributed by atoms with Crippen LogP contribution in [0, 0.1) is 6.92 Å². The highest BCUT2D eigenvalue weighted by Gasteiger charge is 2.22. The normalized spacial score (nSPS) is 17.2. The van der Waals surface area contributed by atoms with Crippen molar-refractivity contribution < 1.29 is 9.53 Å². The van der Waals surface area contributed by atoms with E-state index in [2.05, 4.69) is 59.2 Å². The molecular weight excluding hydrogens is 522 g/mol. The molecule has 0 unspecified atom stereocenters. The largest absolute Gasteiger partial charge is 0.490 e. The van der Waals surface area contributed by atoms with Gasteiger partial charge in [0.05, 0.1) is 17.5 Å². The minimum absolute atomic E-state index is 0.0882. The second-order valence-corrected chi connectivity index (χ2v) is 12.1. The predicted octanol–water partition coefficient (Wildman–Crippen LogP) is 6.60. The summed E-state index contributed by atoms with van der Waals surface area (Å²) in [4.78, 5) is 30.3. The van der Waals surface area contributed by atoms with Gasteiger partial charge in [0.1, 0.15) is 11.4 Å². The summed E-state index contributed by atoms with van der Waals surface area (Å²) in [5.74, 6) is 0.977. The number of hydrogen-bond acceptors (Lipinski definition) is 5. The molecule has 42 heavy (non-hydrogen) atoms. The Balaban J connectivity index is 1.12. The summed E-state index contributed by atoms with van der Waals surface area (Å²) in [6.45, 7) is 5.50. The van der Waals surface area contributed by atoms with Gasteiger partial charge in [0.2, 0.25) is 0 Å². The van der Waals surface area contributed by atoms with Crippen LogP contribution < -0.4 is 4.74 Å². The lowest BCUT2D eigenvalue weighted by molar-refractivity contribution is 0.0659. The third kappa shape index (κ3) is 6.84. The first-order valence-corrected chi connectivity index (χ1v) is 15.7. The molecule has 1 aliphatic heterocycles. The van der Waals surface area contributed by atoms with Gasteiger partial charge in [0.25, 0.3) is 5.91 Å². The molecular formula is C35H43N5O2. The summed E-state index contributed by atoms with van der Waals surface area (Å²) in [6.07, 6.45) is 12.6. The minimum atomic E-state index is 0.0882. The van der Waals surface area contributed by atoms with Crippen LogP contribution in [-0.4, -0.2) is 70.0 Å². The Bertz CT molecular complexity index is 1510. The Morgan fingerprint density at radius 2 is 1.69 bits per heavy atom. The molecule has 6 rings (SSSR count). The monoisotopic (exact) mass is 565 g/mol. The maximum Gasteiger partial charge on any atom is 0.270 e. The lowest BCUT2D eigenvalue weighted by Gasteiger charge is -2.32. The van der Waals surface area contributed by atoms with E-state index < -0.39 is 0 Å². The van der Waals surface area contributed by atoms with Crippen LogP contribution in [0.4, 0.5) is 0 Å². The molecule has 220 valence electrons. The van der Waals surface area contributed by atoms with Crippen LogP contribution in [0.1, 0.15) is 72.3 Å². The van der Waals surface area contributed by atoms with E-state index in [1.165, 1.54) is 43.2 Å². The van der Waals surface area contributed by atoms with E-state index in [0.717, 1.165) is 85.6 Å². The van der Waals surface area contributed by atoms with Crippen LogP contribution in [0.5, 0.6) is 5.75 Å². The SMILES string of the molecule is Cc1ccc(-c2cc(OC3CCCCCCC3)ccn2)nc1CCc1ccc2[nH]c(C(=O)N3CCN(C)CC3)cc2c1. The lowest BCUT2D eigenvalue weighted by Crippen LogP contribution is -2.47. The molecule has 4 heterocycles. The molecule has 2 fully saturated rings. The van der Waals surface area contributed by atoms with Gasteiger partial charge in [-0.15, -0.1) is 0 Å². The van der Waals surface area contributed by atoms with E-state index in [4.69, 9.17) is 9.72 Å². The molecule has 1 saturated carbocycles. The first-order valence-electron chi connectivity index (χ1n) is 15.7. The van der Waals surface area contributed by atoms with Crippen molar-refractivity contribution in [1.29, 1.82) is 0 Å². The number of carbonyl (C=O) groups is 1. The number of amides is 1. The van der Waals surface area contributed by atoms with Crippen molar-refractivity contribution >= 4 is 16.8 Å². The van der Waals surface area contributed by atoms with E-state index >= 15 is 0 Å². The zero-order chi connectivity index (χ0) is 28.9. The third-order valence-electron chi connectivity index (χ3n) is 8.91. The molecule has 1 amide bonds. The fourth-order valence-electron chi connectivity index (χ4n) is 6.22. The number of aromatic nitrogens is 3. The zero-order valence-corrected chi connectivity index (χ0v) is 25.1. The van der Waals surface area contributed by atoms with Gasteiger partial charge in [-0.05, 0) is 94.0 Å². The maximum absolute atomic E-state index is 13.1. The van der Waals surface area contributed by atoms with E-state index in [0.29, 0.717) is 11.8 Å². The summed E-state index contributed by atoms with van der Waals surface area (Å²) in [7, 11) is 2.10. The van der Waals surface area contributed by atoms with Crippen molar-refractivity contribution in [2.75, 3.05) is 33.2 Å². The molecule has 1 saturated heterocycles. The van der Waals surface area contributed by atoms with Crippen molar-refractivity contribution in [2.24, 2.45) is 0 Å². The van der Waals surface area contributed by atoms with Crippen LogP contribution in [-0.2, 0) is 12.8 Å². The molecule has 4 aromatic rings. The Hall–Kier alpha value is -3.71. The number of ether oxygens (including phenoxy) is 1. The van der Waals surface area contributed by atoms with Crippen molar-refractivity contribution in [2.45, 2.75) is 70.8 Å². The Morgan fingerprint density at radius 1 is 0.905 bits per heavy atom. The predicted molar refractivity (Wildman–Crippen MR) is 168 cm³/mol. The number of aromatic amines is 1. The molecule has 3 aromatic heterocycles. The molecule has 1 aromatic carbocycles. The summed E-state index contributed by atoms with van der Waals surface area (Å²) >= 11 is 0. The van der Waals surface area contributed by atoms with Crippen molar-refractivity contribution in [3.05, 3.63) is 77.2 Å². The highest BCUT2D eigenvalue weighted by atomic mass is 16.5. The van der Waals surface area contributed by atoms with Gasteiger partial charge >= 0.3 is 0 Å². The number of nitrogens with one attached hydrogen (secondary N) is 1. The van der Waals surface area contributed by atoms with Crippen LogP contribution in [0.15, 0.2) is 54.7 Å². The van der Waals surface area contributed by atoms with Gasteiger partial charge in [-0.25, -0.2) is 0 Å². The first kappa shape index (κ1) is 28.4. The van der Waals surface area contributed by atoms with Gasteiger partial charge in [0, 0.05) is 55.0 Å². The van der Waals surface area contributed by atoms with Gasteiger partial charge in [-0.1, -0.05) is 31.4 Å². The van der Waals surface area contributed by atoms with Crippen molar-refractivity contribution in [1.82, 2.24) is 24.8 Å². The molecule has 7 heteroatoms. The maximum atomic E-state index is 13.1. The molecule has 1 N–H and O–H groups in total. The number of H-pyrrole nitrogens is 1. The number of rotatable bonds is 7. The number of aryl methyl sites for hydroxylation is 3. The summed E-state index contributed by atoms with van der Waals surface area (Å²) in [6, 6.07) is 16.7. The fraction of sp³-hybridized carbons (Fsp3) is 0.457. The molecule has 0 bridgehead atoms. The number of piperazine rings is 1. The number of carbonyl (C=O) groups excluding carboxylic acids is 1. The average Bonchev–Trinajstić information content (AvgIpc) is 3.42. The molecule has 1 aliphatic carbocycles. The highest BCUT2D eigenvalue weighted by Crippen LogP contribution is 2.26. The summed E-state index contributed by atoms with van der Waals surface area (Å²) in [5, 5.41) is 1.08. The Labute approximate surface area is 249 Å². The number of pyridine rings is 2. The quantitative estimate of drug-likeness (QED) is 0.273. The highest BCUT2D eigenvalue weighted by molar-refractivity contribution is 5.98. The smallest absolute Gasteiger partial charge is 0.270 e. The fourth-order valence-corrected chi connectivity index (χ4v) is 6.22. The Kier molecular flexibility index (Phi) is 8.84. The minimum Gasteiger partial charge on any atom is -0.490 e. The number of fused-ring (bicyclic) bond motifs is 1. The summed E-state index contributed by atoms with van der Waals surface area (Å²) in [5.41, 5.74) is 6.91. The molecule has 0 radical (unpaired) electrons. The number of benzene rings is 1. The second kappa shape index (κ2) is 13.1. The van der Waals surface area contributed by atoms with Gasteiger partial charge in [-0.2, -0.15) is 0 Å². The lowest BCUT2D eigenvalue weighted by atomic mass is 9.98. The average molecular weight is 566 g/mol. The topological polar surface area (TPSA) is 74.3 Å². The second-order valence-electron chi connectivity index (χ2n) is 12.1. The van der Waals surface area contributed by atoms with Gasteiger partial charge in [0.15, 0.2) is 0 Å². The zero-order valence-electron chi connectivity index (χ0n) is 25.1. The first-order chi connectivity index (χ1) is 20.5. The standard InChI is InChI=1S/C35H43N5O2/c1-25-10-13-32(33-24-29(16-17-36-33)42-28-8-6-4-3-5-7-9-28)37-30(25)14-11-26-12-15-31-27(22-26)23-34(38-31)35(41)40-20-18-39(2)19-21-40/h10,12-13,15-17,22-24,28,38H,3-9,11,14,18-21H2,1-2H3. The number of likely N-dealkylation sites (N-methyl/N-ethyl adjacent to an activating group) is 1. The van der Waals surface area contributed by atoms with Crippen LogP contribution >= 0.6 is 0 Å². The van der Waals surface area contributed by atoms with E-state index in [1.807, 2.05) is 29.3 Å². The van der Waals surface area contributed by atoms with Gasteiger partial charge < -0.3 is 19.5 Å².